The number of nitrogens with zero attached hydrogens (tertiary/aromatic N) is 1. The number of amides is 1. The summed E-state index contributed by atoms with van der Waals surface area (Å²) in [4.78, 5) is 12.7. The molecule has 0 saturated carbocycles. The van der Waals surface area contributed by atoms with Gasteiger partial charge in [0, 0.05) is 24.8 Å². The lowest BCUT2D eigenvalue weighted by molar-refractivity contribution is -0.120. The minimum Gasteiger partial charge on any atom is -0.454 e. The highest BCUT2D eigenvalue weighted by Gasteiger charge is 2.32. The minimum absolute atomic E-state index is 0.0512. The second kappa shape index (κ2) is 7.81. The number of carbonyl (C=O) groups is 1. The molecule has 8 heteroatoms. The lowest BCUT2D eigenvalue weighted by Crippen LogP contribution is -2.44. The zero-order valence-corrected chi connectivity index (χ0v) is 16.2. The van der Waals surface area contributed by atoms with E-state index in [-0.39, 0.29) is 30.9 Å². The molecule has 4 rings (SSSR count). The van der Waals surface area contributed by atoms with Gasteiger partial charge >= 0.3 is 0 Å². The molecule has 148 valence electrons. The first-order valence-corrected chi connectivity index (χ1v) is 10.8. The van der Waals surface area contributed by atoms with Gasteiger partial charge in [-0.15, -0.1) is 0 Å². The Kier molecular flexibility index (Phi) is 5.23. The maximum absolute atomic E-state index is 12.8. The summed E-state index contributed by atoms with van der Waals surface area (Å²) in [5.74, 6) is 0.621. The monoisotopic (exact) mass is 402 g/mol. The number of carbonyl (C=O) groups excluding carboxylic acids is 1. The number of piperidine rings is 1. The molecule has 2 aromatic rings. The fourth-order valence-corrected chi connectivity index (χ4v) is 5.11. The van der Waals surface area contributed by atoms with Crippen molar-refractivity contribution in [3.05, 3.63) is 54.1 Å². The first-order chi connectivity index (χ1) is 13.5. The number of fused-ring (bicyclic) bond motifs is 1. The second-order valence-electron chi connectivity index (χ2n) is 7.00. The van der Waals surface area contributed by atoms with Crippen LogP contribution in [0.3, 0.4) is 0 Å². The lowest BCUT2D eigenvalue weighted by atomic mass is 9.98. The zero-order chi connectivity index (χ0) is 19.6. The SMILES string of the molecule is O=C(Nc1ccc2c(c1)OCO2)[C@H]1CCCN(S(=O)(=O)Cc2ccccc2)C1. The minimum atomic E-state index is -3.47. The van der Waals surface area contributed by atoms with Crippen LogP contribution in [0.5, 0.6) is 11.5 Å². The molecule has 28 heavy (non-hydrogen) atoms. The molecule has 2 aromatic carbocycles. The van der Waals surface area contributed by atoms with E-state index >= 15 is 0 Å². The molecule has 1 N–H and O–H groups in total. The van der Waals surface area contributed by atoms with E-state index in [1.165, 1.54) is 4.31 Å². The van der Waals surface area contributed by atoms with Crippen LogP contribution in [0.25, 0.3) is 0 Å². The summed E-state index contributed by atoms with van der Waals surface area (Å²) >= 11 is 0. The molecule has 2 aliphatic heterocycles. The van der Waals surface area contributed by atoms with Crippen LogP contribution in [0.4, 0.5) is 5.69 Å². The standard InChI is InChI=1S/C20H22N2O5S/c23-20(21-17-8-9-18-19(11-17)27-14-26-18)16-7-4-10-22(12-16)28(24,25)13-15-5-2-1-3-6-15/h1-3,5-6,8-9,11,16H,4,7,10,12-14H2,(H,21,23)/t16-/m0/s1. The van der Waals surface area contributed by atoms with Gasteiger partial charge in [0.25, 0.3) is 0 Å². The topological polar surface area (TPSA) is 84.9 Å². The van der Waals surface area contributed by atoms with Gasteiger partial charge in [0.15, 0.2) is 11.5 Å². The molecular weight excluding hydrogens is 380 g/mol. The molecule has 0 unspecified atom stereocenters. The van der Waals surface area contributed by atoms with Gasteiger partial charge in [-0.3, -0.25) is 4.79 Å². The highest BCUT2D eigenvalue weighted by atomic mass is 32.2. The first-order valence-electron chi connectivity index (χ1n) is 9.23. The molecule has 2 aliphatic rings. The molecule has 0 spiro atoms. The van der Waals surface area contributed by atoms with E-state index < -0.39 is 10.0 Å². The molecule has 0 aliphatic carbocycles. The average Bonchev–Trinajstić information content (AvgIpc) is 3.16. The zero-order valence-electron chi connectivity index (χ0n) is 15.3. The van der Waals surface area contributed by atoms with Crippen LogP contribution in [0.2, 0.25) is 0 Å². The third kappa shape index (κ3) is 4.13. The molecule has 0 radical (unpaired) electrons. The summed E-state index contributed by atoms with van der Waals surface area (Å²) in [5.41, 5.74) is 1.35. The van der Waals surface area contributed by atoms with Crippen molar-refractivity contribution in [1.29, 1.82) is 0 Å². The highest BCUT2D eigenvalue weighted by Crippen LogP contribution is 2.34. The third-order valence-corrected chi connectivity index (χ3v) is 6.80. The summed E-state index contributed by atoms with van der Waals surface area (Å²) in [6, 6.07) is 14.3. The van der Waals surface area contributed by atoms with Gasteiger partial charge in [-0.2, -0.15) is 0 Å². The van der Waals surface area contributed by atoms with E-state index in [0.717, 1.165) is 5.56 Å². The third-order valence-electron chi connectivity index (χ3n) is 4.98. The summed E-state index contributed by atoms with van der Waals surface area (Å²) in [6.45, 7) is 0.818. The van der Waals surface area contributed by atoms with Gasteiger partial charge in [-0.25, -0.2) is 12.7 Å². The number of hydrogen-bond donors (Lipinski definition) is 1. The summed E-state index contributed by atoms with van der Waals surface area (Å²) in [6.07, 6.45) is 1.32. The largest absolute Gasteiger partial charge is 0.454 e. The van der Waals surface area contributed by atoms with Crippen molar-refractivity contribution >= 4 is 21.6 Å². The Balaban J connectivity index is 1.41. The molecular formula is C20H22N2O5S. The summed E-state index contributed by atoms with van der Waals surface area (Å²) in [5, 5.41) is 2.87. The van der Waals surface area contributed by atoms with E-state index in [1.807, 2.05) is 18.2 Å². The van der Waals surface area contributed by atoms with Gasteiger partial charge in [0.1, 0.15) is 0 Å². The van der Waals surface area contributed by atoms with E-state index in [2.05, 4.69) is 5.32 Å². The number of nitrogens with one attached hydrogen (secondary N) is 1. The van der Waals surface area contributed by atoms with Gasteiger partial charge < -0.3 is 14.8 Å². The number of hydrogen-bond acceptors (Lipinski definition) is 5. The Morgan fingerprint density at radius 2 is 1.89 bits per heavy atom. The second-order valence-corrected chi connectivity index (χ2v) is 8.97. The van der Waals surface area contributed by atoms with Crippen LogP contribution in [0, 0.1) is 5.92 Å². The maximum Gasteiger partial charge on any atom is 0.231 e. The van der Waals surface area contributed by atoms with Crippen molar-refractivity contribution in [1.82, 2.24) is 4.31 Å². The lowest BCUT2D eigenvalue weighted by Gasteiger charge is -2.31. The van der Waals surface area contributed by atoms with Crippen molar-refractivity contribution in [3.8, 4) is 11.5 Å². The molecule has 1 atom stereocenters. The van der Waals surface area contributed by atoms with Crippen molar-refractivity contribution in [3.63, 3.8) is 0 Å². The van der Waals surface area contributed by atoms with E-state index in [0.29, 0.717) is 36.6 Å². The molecule has 1 saturated heterocycles. The summed E-state index contributed by atoms with van der Waals surface area (Å²) in [7, 11) is -3.47. The molecule has 1 amide bonds. The molecule has 0 bridgehead atoms. The Labute approximate surface area is 164 Å². The van der Waals surface area contributed by atoms with Crippen LogP contribution in [-0.2, 0) is 20.6 Å². The number of anilines is 1. The molecule has 1 fully saturated rings. The van der Waals surface area contributed by atoms with Crippen molar-refractivity contribution in [2.75, 3.05) is 25.2 Å². The molecule has 7 nitrogen and oxygen atoms in total. The predicted octanol–water partition coefficient (Wildman–Crippen LogP) is 2.60. The van der Waals surface area contributed by atoms with E-state index in [9.17, 15) is 13.2 Å². The molecule has 0 aromatic heterocycles. The van der Waals surface area contributed by atoms with Gasteiger partial charge in [-0.1, -0.05) is 30.3 Å². The fraction of sp³-hybridized carbons (Fsp3) is 0.350. The molecule has 2 heterocycles. The van der Waals surface area contributed by atoms with Crippen LogP contribution in [0.15, 0.2) is 48.5 Å². The van der Waals surface area contributed by atoms with Crippen molar-refractivity contribution in [2.24, 2.45) is 5.92 Å². The Morgan fingerprint density at radius 1 is 1.11 bits per heavy atom. The average molecular weight is 402 g/mol. The van der Waals surface area contributed by atoms with E-state index in [1.54, 1.807) is 30.3 Å². The highest BCUT2D eigenvalue weighted by molar-refractivity contribution is 7.88. The van der Waals surface area contributed by atoms with Crippen LogP contribution < -0.4 is 14.8 Å². The number of rotatable bonds is 5. The van der Waals surface area contributed by atoms with Gasteiger partial charge in [-0.05, 0) is 30.5 Å². The Bertz CT molecular complexity index is 962. The van der Waals surface area contributed by atoms with Crippen molar-refractivity contribution < 1.29 is 22.7 Å². The number of sulfonamides is 1. The normalized spacial score (nSPS) is 19.4. The van der Waals surface area contributed by atoms with Crippen LogP contribution in [-0.4, -0.2) is 38.5 Å². The Morgan fingerprint density at radius 3 is 2.71 bits per heavy atom. The van der Waals surface area contributed by atoms with Crippen molar-refractivity contribution in [2.45, 2.75) is 18.6 Å². The predicted molar refractivity (Wildman–Crippen MR) is 105 cm³/mol. The number of ether oxygens (including phenoxy) is 2. The summed E-state index contributed by atoms with van der Waals surface area (Å²) < 4.78 is 37.6. The first kappa shape index (κ1) is 18.8. The smallest absolute Gasteiger partial charge is 0.231 e. The Hall–Kier alpha value is -2.58. The van der Waals surface area contributed by atoms with E-state index in [4.69, 9.17) is 9.47 Å². The van der Waals surface area contributed by atoms with Gasteiger partial charge in [0.2, 0.25) is 22.7 Å². The maximum atomic E-state index is 12.8. The van der Waals surface area contributed by atoms with Crippen LogP contribution in [0.1, 0.15) is 18.4 Å². The van der Waals surface area contributed by atoms with Gasteiger partial charge in [0.05, 0.1) is 11.7 Å². The van der Waals surface area contributed by atoms with Crippen LogP contribution >= 0.6 is 0 Å². The number of benzene rings is 2. The quantitative estimate of drug-likeness (QED) is 0.831. The fourth-order valence-electron chi connectivity index (χ4n) is 3.50.